The second kappa shape index (κ2) is 16.0. The van der Waals surface area contributed by atoms with Crippen LogP contribution in [0.25, 0.3) is 0 Å². The molecule has 216 valence electrons. The summed E-state index contributed by atoms with van der Waals surface area (Å²) in [5.74, 6) is -4.40. The number of aliphatic hydroxyl groups excluding tert-OH is 1. The average Bonchev–Trinajstić information content (AvgIpc) is 2.93. The van der Waals surface area contributed by atoms with Gasteiger partial charge < -0.3 is 37.3 Å². The highest BCUT2D eigenvalue weighted by atomic mass is 16.5. The van der Waals surface area contributed by atoms with Gasteiger partial charge in [-0.05, 0) is 17.0 Å². The summed E-state index contributed by atoms with van der Waals surface area (Å²) in [6.07, 6.45) is -0.428. The highest BCUT2D eigenvalue weighted by Gasteiger charge is 2.33. The zero-order valence-corrected chi connectivity index (χ0v) is 22.5. The van der Waals surface area contributed by atoms with Gasteiger partial charge in [-0.15, -0.1) is 0 Å². The molecule has 0 aliphatic heterocycles. The molecule has 0 saturated heterocycles. The number of ether oxygens (including phenoxy) is 1. The maximum Gasteiger partial charge on any atom is 0.329 e. The standard InChI is InChI=1S/C28H37N5O7/c1-17(2)24(33-26(37)21(14-23(30)35)31-25(36)20(29)15-34)27(38)32-22(13-18-9-5-3-6-10-18)28(39)40-16-19-11-7-4-8-12-19/h3-12,17,20-22,24,34H,13-16,29H2,1-2H3,(H2,30,35)(H,31,36)(H,32,38)(H,33,37)/t20-,21-,22-,24-/m0/s1. The van der Waals surface area contributed by atoms with Crippen molar-refractivity contribution in [3.05, 3.63) is 71.8 Å². The molecular weight excluding hydrogens is 518 g/mol. The van der Waals surface area contributed by atoms with E-state index in [0.29, 0.717) is 0 Å². The van der Waals surface area contributed by atoms with Crippen LogP contribution < -0.4 is 27.4 Å². The van der Waals surface area contributed by atoms with Crippen LogP contribution in [0.3, 0.4) is 0 Å². The topological polar surface area (TPSA) is 203 Å². The van der Waals surface area contributed by atoms with Crippen molar-refractivity contribution in [1.82, 2.24) is 16.0 Å². The molecule has 0 spiro atoms. The highest BCUT2D eigenvalue weighted by molar-refractivity contribution is 5.96. The summed E-state index contributed by atoms with van der Waals surface area (Å²) in [5, 5.41) is 16.6. The first-order valence-electron chi connectivity index (χ1n) is 12.8. The van der Waals surface area contributed by atoms with E-state index in [1.807, 2.05) is 24.3 Å². The number of nitrogens with two attached hydrogens (primary N) is 2. The summed E-state index contributed by atoms with van der Waals surface area (Å²) in [5.41, 5.74) is 12.3. The van der Waals surface area contributed by atoms with Crippen molar-refractivity contribution in [3.8, 4) is 0 Å². The molecular formula is C28H37N5O7. The number of carbonyl (C=O) groups is 5. The molecule has 0 bridgehead atoms. The van der Waals surface area contributed by atoms with Gasteiger partial charge in [-0.3, -0.25) is 19.2 Å². The van der Waals surface area contributed by atoms with Crippen molar-refractivity contribution in [2.75, 3.05) is 6.61 Å². The van der Waals surface area contributed by atoms with Crippen LogP contribution in [0.15, 0.2) is 60.7 Å². The Bertz CT molecular complexity index is 1140. The number of primary amides is 1. The molecule has 0 aliphatic rings. The van der Waals surface area contributed by atoms with E-state index in [1.54, 1.807) is 50.2 Å². The summed E-state index contributed by atoms with van der Waals surface area (Å²) in [6.45, 7) is 2.67. The Morgan fingerprint density at radius 3 is 1.88 bits per heavy atom. The fourth-order valence-electron chi connectivity index (χ4n) is 3.69. The Labute approximate surface area is 232 Å². The van der Waals surface area contributed by atoms with E-state index in [2.05, 4.69) is 16.0 Å². The number of nitrogens with one attached hydrogen (secondary N) is 3. The van der Waals surface area contributed by atoms with Gasteiger partial charge in [-0.25, -0.2) is 4.79 Å². The molecule has 8 N–H and O–H groups in total. The van der Waals surface area contributed by atoms with Crippen LogP contribution in [0.4, 0.5) is 0 Å². The first kappa shape index (κ1) is 31.9. The van der Waals surface area contributed by atoms with Crippen molar-refractivity contribution in [2.45, 2.75) is 57.5 Å². The molecule has 0 unspecified atom stereocenters. The molecule has 0 saturated carbocycles. The zero-order chi connectivity index (χ0) is 29.7. The lowest BCUT2D eigenvalue weighted by molar-refractivity contribution is -0.149. The number of rotatable bonds is 15. The van der Waals surface area contributed by atoms with Crippen LogP contribution in [0.2, 0.25) is 0 Å². The molecule has 2 rings (SSSR count). The van der Waals surface area contributed by atoms with Gasteiger partial charge in [0.1, 0.15) is 30.8 Å². The molecule has 0 fully saturated rings. The summed E-state index contributed by atoms with van der Waals surface area (Å²) in [6, 6.07) is 13.1. The second-order valence-electron chi connectivity index (χ2n) is 9.60. The Morgan fingerprint density at radius 2 is 1.35 bits per heavy atom. The van der Waals surface area contributed by atoms with Gasteiger partial charge in [0.25, 0.3) is 0 Å². The third-order valence-electron chi connectivity index (χ3n) is 5.93. The van der Waals surface area contributed by atoms with Crippen LogP contribution in [0.5, 0.6) is 0 Å². The normalized spacial score (nSPS) is 13.8. The highest BCUT2D eigenvalue weighted by Crippen LogP contribution is 2.10. The number of benzene rings is 2. The van der Waals surface area contributed by atoms with E-state index in [9.17, 15) is 24.0 Å². The van der Waals surface area contributed by atoms with Crippen molar-refractivity contribution in [2.24, 2.45) is 17.4 Å². The molecule has 2 aromatic carbocycles. The summed E-state index contributed by atoms with van der Waals surface area (Å²) < 4.78 is 5.47. The van der Waals surface area contributed by atoms with Crippen molar-refractivity contribution in [3.63, 3.8) is 0 Å². The quantitative estimate of drug-likeness (QED) is 0.154. The molecule has 0 heterocycles. The average molecular weight is 556 g/mol. The Balaban J connectivity index is 2.19. The van der Waals surface area contributed by atoms with Gasteiger partial charge in [-0.1, -0.05) is 74.5 Å². The lowest BCUT2D eigenvalue weighted by Gasteiger charge is -2.27. The molecule has 2 aromatic rings. The first-order valence-corrected chi connectivity index (χ1v) is 12.8. The Morgan fingerprint density at radius 1 is 0.800 bits per heavy atom. The number of hydrogen-bond acceptors (Lipinski definition) is 8. The van der Waals surface area contributed by atoms with Gasteiger partial charge in [0.2, 0.25) is 23.6 Å². The van der Waals surface area contributed by atoms with Gasteiger partial charge in [0.05, 0.1) is 13.0 Å². The predicted molar refractivity (Wildman–Crippen MR) is 146 cm³/mol. The van der Waals surface area contributed by atoms with Crippen molar-refractivity contribution in [1.29, 1.82) is 0 Å². The molecule has 12 nitrogen and oxygen atoms in total. The lowest BCUT2D eigenvalue weighted by Crippen LogP contribution is -2.59. The number of esters is 1. The maximum atomic E-state index is 13.4. The number of aliphatic hydroxyl groups is 1. The Hall–Kier alpha value is -4.29. The van der Waals surface area contributed by atoms with Crippen molar-refractivity contribution >= 4 is 29.6 Å². The van der Waals surface area contributed by atoms with Gasteiger partial charge in [0.15, 0.2) is 0 Å². The molecule has 0 aliphatic carbocycles. The van der Waals surface area contributed by atoms with Gasteiger partial charge in [-0.2, -0.15) is 0 Å². The third-order valence-corrected chi connectivity index (χ3v) is 5.93. The molecule has 0 radical (unpaired) electrons. The molecule has 0 aromatic heterocycles. The SMILES string of the molecule is CC(C)[C@H](NC(=O)[C@H](CC(N)=O)NC(=O)[C@@H](N)CO)C(=O)N[C@@H](Cc1ccccc1)C(=O)OCc1ccccc1. The maximum absolute atomic E-state index is 13.4. The number of amides is 4. The summed E-state index contributed by atoms with van der Waals surface area (Å²) >= 11 is 0. The Kier molecular flexibility index (Phi) is 12.7. The largest absolute Gasteiger partial charge is 0.459 e. The van der Waals surface area contributed by atoms with Crippen LogP contribution >= 0.6 is 0 Å². The number of carbonyl (C=O) groups excluding carboxylic acids is 5. The summed E-state index contributed by atoms with van der Waals surface area (Å²) in [4.78, 5) is 63.1. The minimum atomic E-state index is -1.44. The predicted octanol–water partition coefficient (Wildman–Crippen LogP) is -0.722. The molecule has 4 amide bonds. The van der Waals surface area contributed by atoms with Crippen LogP contribution in [-0.4, -0.2) is 65.5 Å². The number of hydrogen-bond donors (Lipinski definition) is 6. The van der Waals surface area contributed by atoms with Gasteiger partial charge in [0, 0.05) is 6.42 Å². The fourth-order valence-corrected chi connectivity index (χ4v) is 3.69. The third kappa shape index (κ3) is 10.5. The summed E-state index contributed by atoms with van der Waals surface area (Å²) in [7, 11) is 0. The van der Waals surface area contributed by atoms with E-state index >= 15 is 0 Å². The zero-order valence-electron chi connectivity index (χ0n) is 22.5. The minimum Gasteiger partial charge on any atom is -0.459 e. The van der Waals surface area contributed by atoms with Crippen LogP contribution in [0.1, 0.15) is 31.4 Å². The van der Waals surface area contributed by atoms with E-state index in [0.717, 1.165) is 11.1 Å². The van der Waals surface area contributed by atoms with E-state index < -0.39 is 72.7 Å². The minimum absolute atomic E-state index is 0.00957. The smallest absolute Gasteiger partial charge is 0.329 e. The monoisotopic (exact) mass is 555 g/mol. The molecule has 4 atom stereocenters. The van der Waals surface area contributed by atoms with E-state index in [4.69, 9.17) is 21.3 Å². The van der Waals surface area contributed by atoms with Crippen LogP contribution in [-0.2, 0) is 41.7 Å². The van der Waals surface area contributed by atoms with E-state index in [-0.39, 0.29) is 13.0 Å². The second-order valence-corrected chi connectivity index (χ2v) is 9.60. The van der Waals surface area contributed by atoms with Gasteiger partial charge >= 0.3 is 5.97 Å². The fraction of sp³-hybridized carbons (Fsp3) is 0.393. The van der Waals surface area contributed by atoms with E-state index in [1.165, 1.54) is 0 Å². The van der Waals surface area contributed by atoms with Crippen molar-refractivity contribution < 1.29 is 33.8 Å². The lowest BCUT2D eigenvalue weighted by atomic mass is 10.0. The molecule has 40 heavy (non-hydrogen) atoms. The molecule has 12 heteroatoms. The van der Waals surface area contributed by atoms with Crippen LogP contribution in [0, 0.1) is 5.92 Å². The first-order chi connectivity index (χ1) is 19.0.